The number of benzene rings is 3. The van der Waals surface area contributed by atoms with Gasteiger partial charge >= 0.3 is 5.97 Å². The molecular weight excluding hydrogens is 612 g/mol. The van der Waals surface area contributed by atoms with Crippen LogP contribution in [0.25, 0.3) is 0 Å². The quantitative estimate of drug-likeness (QED) is 0.283. The van der Waals surface area contributed by atoms with Gasteiger partial charge in [0.1, 0.15) is 11.8 Å². The normalized spacial score (nSPS) is 23.7. The van der Waals surface area contributed by atoms with E-state index in [-0.39, 0.29) is 43.1 Å². The maximum absolute atomic E-state index is 13.4. The molecule has 0 aliphatic carbocycles. The molecule has 48 heavy (non-hydrogen) atoms. The largest absolute Gasteiger partial charge is 0.504 e. The van der Waals surface area contributed by atoms with Crippen molar-refractivity contribution in [3.8, 4) is 34.8 Å². The number of phenols is 1. The number of phenolic OH excluding ortho intramolecular Hbond substituents is 1. The Kier molecular flexibility index (Phi) is 8.17. The summed E-state index contributed by atoms with van der Waals surface area (Å²) >= 11 is 0. The van der Waals surface area contributed by atoms with E-state index >= 15 is 0 Å². The molecule has 3 aromatic rings. The molecule has 2 N–H and O–H groups in total. The molecule has 0 radical (unpaired) electrons. The van der Waals surface area contributed by atoms with Crippen molar-refractivity contribution < 1.29 is 33.6 Å². The van der Waals surface area contributed by atoms with Crippen LogP contribution in [0, 0.1) is 25.2 Å². The van der Waals surface area contributed by atoms with E-state index in [2.05, 4.69) is 27.3 Å². The zero-order chi connectivity index (χ0) is 33.9. The first-order valence-electron chi connectivity index (χ1n) is 16.4. The summed E-state index contributed by atoms with van der Waals surface area (Å²) in [6.45, 7) is 5.31. The fourth-order valence-corrected chi connectivity index (χ4v) is 8.51. The molecule has 0 saturated carbocycles. The van der Waals surface area contributed by atoms with Crippen LogP contribution in [0.5, 0.6) is 28.7 Å². The van der Waals surface area contributed by atoms with Gasteiger partial charge in [0.2, 0.25) is 12.7 Å². The number of hydrogen-bond acceptors (Lipinski definition) is 10. The number of amides is 1. The lowest BCUT2D eigenvalue weighted by molar-refractivity contribution is -0.132. The van der Waals surface area contributed by atoms with Crippen LogP contribution in [0.4, 0.5) is 0 Å². The lowest BCUT2D eigenvalue weighted by atomic mass is 9.71. The summed E-state index contributed by atoms with van der Waals surface area (Å²) in [5.74, 6) is 1.38. The molecule has 3 unspecified atom stereocenters. The maximum Gasteiger partial charge on any atom is 0.308 e. The number of rotatable bonds is 7. The molecule has 4 heterocycles. The first-order valence-corrected chi connectivity index (χ1v) is 16.4. The van der Waals surface area contributed by atoms with Crippen LogP contribution < -0.4 is 24.3 Å². The predicted molar refractivity (Wildman–Crippen MR) is 175 cm³/mol. The molecule has 1 saturated heterocycles. The number of piperazine rings is 1. The molecule has 250 valence electrons. The van der Waals surface area contributed by atoms with E-state index in [1.54, 1.807) is 7.11 Å². The van der Waals surface area contributed by atoms with Gasteiger partial charge in [-0.1, -0.05) is 36.4 Å². The van der Waals surface area contributed by atoms with Crippen LogP contribution in [-0.2, 0) is 28.9 Å². The molecule has 0 aromatic heterocycles. The minimum atomic E-state index is -0.565. The predicted octanol–water partition coefficient (Wildman–Crippen LogP) is 4.19. The number of nitrogens with one attached hydrogen (secondary N) is 1. The van der Waals surface area contributed by atoms with Crippen molar-refractivity contribution in [3.63, 3.8) is 0 Å². The Balaban J connectivity index is 1.37. The Bertz CT molecular complexity index is 1840. The number of aromatic hydroxyl groups is 1. The topological polar surface area (TPSA) is 134 Å². The molecule has 2 bridgehead atoms. The number of ether oxygens (including phenoxy) is 4. The van der Waals surface area contributed by atoms with Gasteiger partial charge in [-0.2, -0.15) is 5.26 Å². The number of aryl methyl sites for hydroxylation is 2. The van der Waals surface area contributed by atoms with Gasteiger partial charge in [-0.15, -0.1) is 0 Å². The Hall–Kier alpha value is -4.79. The molecule has 11 heteroatoms. The van der Waals surface area contributed by atoms with E-state index in [1.165, 1.54) is 6.92 Å². The SMILES string of the molecule is COc1c(C)cc2c(c1O)C1C3Cc4c(OC(C)=O)c(C)c5c(c4[C@H](CNC(=O)CCc4ccccc4)N3[C@@H](C#N)C(C2)N1C)OCO5. The van der Waals surface area contributed by atoms with Crippen LogP contribution in [-0.4, -0.2) is 72.4 Å². The lowest BCUT2D eigenvalue weighted by Gasteiger charge is -2.60. The monoisotopic (exact) mass is 652 g/mol. The Morgan fingerprint density at radius 1 is 1.08 bits per heavy atom. The highest BCUT2D eigenvalue weighted by Gasteiger charge is 2.56. The van der Waals surface area contributed by atoms with E-state index in [9.17, 15) is 20.0 Å². The van der Waals surface area contributed by atoms with Gasteiger partial charge in [-0.25, -0.2) is 0 Å². The summed E-state index contributed by atoms with van der Waals surface area (Å²) in [6.07, 6.45) is 1.83. The van der Waals surface area contributed by atoms with Crippen LogP contribution in [0.1, 0.15) is 64.4 Å². The second kappa shape index (κ2) is 12.3. The van der Waals surface area contributed by atoms with E-state index in [0.717, 1.165) is 33.4 Å². The minimum absolute atomic E-state index is 0.00177. The van der Waals surface area contributed by atoms with Crippen molar-refractivity contribution in [2.75, 3.05) is 27.5 Å². The molecule has 1 fully saturated rings. The van der Waals surface area contributed by atoms with Crippen LogP contribution >= 0.6 is 0 Å². The number of likely N-dealkylation sites (N-methyl/N-ethyl adjacent to an activating group) is 1. The molecule has 1 amide bonds. The van der Waals surface area contributed by atoms with Crippen LogP contribution in [0.15, 0.2) is 36.4 Å². The maximum atomic E-state index is 13.4. The average Bonchev–Trinajstić information content (AvgIpc) is 3.56. The highest BCUT2D eigenvalue weighted by atomic mass is 16.7. The molecule has 4 aliphatic rings. The summed E-state index contributed by atoms with van der Waals surface area (Å²) in [5, 5.41) is 25.7. The van der Waals surface area contributed by atoms with E-state index in [0.29, 0.717) is 54.2 Å². The van der Waals surface area contributed by atoms with Crippen molar-refractivity contribution in [1.82, 2.24) is 15.1 Å². The highest BCUT2D eigenvalue weighted by Crippen LogP contribution is 2.58. The fraction of sp³-hybridized carbons (Fsp3) is 0.432. The standard InChI is InChI=1S/C37H40N4O7/c1-19-13-23-14-25-27(16-38)41-26(32(40(25)4)30(23)33(44)34(19)45-5)15-24-31(37-36(46-18-47-37)20(2)35(24)48-21(3)42)28(41)17-39-29(43)12-11-22-9-7-6-8-10-22/h6-10,13,25-28,32,44H,11-12,14-15,17-18H2,1-5H3,(H,39,43)/t25?,26?,27-,28-,32?/m0/s1. The van der Waals surface area contributed by atoms with Gasteiger partial charge in [0.25, 0.3) is 0 Å². The second-order valence-corrected chi connectivity index (χ2v) is 13.1. The molecule has 3 aromatic carbocycles. The van der Waals surface area contributed by atoms with E-state index < -0.39 is 18.1 Å². The molecule has 11 nitrogen and oxygen atoms in total. The summed E-state index contributed by atoms with van der Waals surface area (Å²) in [6, 6.07) is 12.6. The molecule has 5 atom stereocenters. The highest BCUT2D eigenvalue weighted by molar-refractivity contribution is 5.77. The molecule has 0 spiro atoms. The number of nitriles is 1. The summed E-state index contributed by atoms with van der Waals surface area (Å²) in [4.78, 5) is 30.2. The fourth-order valence-electron chi connectivity index (χ4n) is 8.51. The van der Waals surface area contributed by atoms with Crippen molar-refractivity contribution in [2.45, 2.75) is 76.7 Å². The molecule has 4 aliphatic heterocycles. The van der Waals surface area contributed by atoms with Crippen LogP contribution in [0.3, 0.4) is 0 Å². The third-order valence-electron chi connectivity index (χ3n) is 10.5. The number of carbonyl (C=O) groups is 2. The van der Waals surface area contributed by atoms with Crippen LogP contribution in [0.2, 0.25) is 0 Å². The number of carbonyl (C=O) groups excluding carboxylic acids is 2. The third-order valence-corrected chi connectivity index (χ3v) is 10.5. The minimum Gasteiger partial charge on any atom is -0.504 e. The Labute approximate surface area is 279 Å². The third kappa shape index (κ3) is 5.02. The van der Waals surface area contributed by atoms with Crippen molar-refractivity contribution >= 4 is 11.9 Å². The number of hydrogen-bond donors (Lipinski definition) is 2. The Morgan fingerprint density at radius 3 is 2.54 bits per heavy atom. The number of methoxy groups -OCH3 is 1. The number of esters is 1. The second-order valence-electron chi connectivity index (χ2n) is 13.1. The van der Waals surface area contributed by atoms with Crippen molar-refractivity contribution in [1.29, 1.82) is 5.26 Å². The van der Waals surface area contributed by atoms with Gasteiger partial charge in [0, 0.05) is 54.2 Å². The Morgan fingerprint density at radius 2 is 1.83 bits per heavy atom. The van der Waals surface area contributed by atoms with Gasteiger partial charge in [0.15, 0.2) is 23.0 Å². The van der Waals surface area contributed by atoms with Gasteiger partial charge in [0.05, 0.1) is 25.3 Å². The molecular formula is C37H40N4O7. The average molecular weight is 653 g/mol. The summed E-state index contributed by atoms with van der Waals surface area (Å²) in [5.41, 5.74) is 5.82. The first kappa shape index (κ1) is 31.8. The van der Waals surface area contributed by atoms with Gasteiger partial charge in [-0.05, 0) is 56.8 Å². The number of fused-ring (bicyclic) bond motifs is 9. The van der Waals surface area contributed by atoms with E-state index in [1.807, 2.05) is 51.2 Å². The molecule has 7 rings (SSSR count). The van der Waals surface area contributed by atoms with Crippen molar-refractivity contribution in [2.24, 2.45) is 0 Å². The number of nitrogens with zero attached hydrogens (tertiary/aromatic N) is 3. The zero-order valence-electron chi connectivity index (χ0n) is 27.8. The van der Waals surface area contributed by atoms with Gasteiger partial charge in [-0.3, -0.25) is 19.4 Å². The zero-order valence-corrected chi connectivity index (χ0v) is 27.8. The van der Waals surface area contributed by atoms with Crippen molar-refractivity contribution in [3.05, 3.63) is 75.3 Å². The first-order chi connectivity index (χ1) is 23.1. The van der Waals surface area contributed by atoms with E-state index in [4.69, 9.17) is 18.9 Å². The lowest BCUT2D eigenvalue weighted by Crippen LogP contribution is -2.68. The van der Waals surface area contributed by atoms with Gasteiger partial charge < -0.3 is 29.4 Å². The summed E-state index contributed by atoms with van der Waals surface area (Å²) < 4.78 is 23.6. The smallest absolute Gasteiger partial charge is 0.308 e. The summed E-state index contributed by atoms with van der Waals surface area (Å²) in [7, 11) is 3.55.